The maximum Gasteiger partial charge on any atom is 0.417 e. The van der Waals surface area contributed by atoms with Crippen molar-refractivity contribution in [3.63, 3.8) is 0 Å². The summed E-state index contributed by atoms with van der Waals surface area (Å²) in [5, 5.41) is 3.48. The topological polar surface area (TPSA) is 93.4 Å². The molecule has 2 aliphatic rings. The average Bonchev–Trinajstić information content (AvgIpc) is 3.22. The first-order valence-corrected chi connectivity index (χ1v) is 11.7. The zero-order chi connectivity index (χ0) is 21.7. The number of carbonyl (C=O) groups is 1. The van der Waals surface area contributed by atoms with Gasteiger partial charge in [0, 0.05) is 25.4 Å². The Labute approximate surface area is 171 Å². The van der Waals surface area contributed by atoms with Crippen molar-refractivity contribution in [2.24, 2.45) is 5.92 Å². The molecule has 7 nitrogen and oxygen atoms in total. The van der Waals surface area contributed by atoms with Crippen molar-refractivity contribution in [1.29, 1.82) is 0 Å². The molecule has 0 spiro atoms. The van der Waals surface area contributed by atoms with Gasteiger partial charge in [-0.15, -0.1) is 0 Å². The van der Waals surface area contributed by atoms with Crippen LogP contribution in [-0.2, 0) is 20.8 Å². The lowest BCUT2D eigenvalue weighted by atomic mass is 9.92. The molecule has 30 heavy (non-hydrogen) atoms. The lowest BCUT2D eigenvalue weighted by Crippen LogP contribution is -2.40. The number of nitrogens with zero attached hydrogens (tertiary/aromatic N) is 3. The Morgan fingerprint density at radius 2 is 2.10 bits per heavy atom. The fraction of sp³-hybridized carbons (Fsp3) is 0.632. The first kappa shape index (κ1) is 21.1. The van der Waals surface area contributed by atoms with E-state index in [0.717, 1.165) is 6.07 Å². The molecule has 0 N–H and O–H groups in total. The molecule has 164 valence electrons. The largest absolute Gasteiger partial charge is 0.417 e. The number of amides is 1. The van der Waals surface area contributed by atoms with Crippen molar-refractivity contribution < 1.29 is 30.9 Å². The Kier molecular flexibility index (Phi) is 5.27. The number of halogens is 3. The average molecular weight is 445 g/mol. The van der Waals surface area contributed by atoms with Crippen molar-refractivity contribution >= 4 is 26.8 Å². The number of fused-ring (bicyclic) bond motifs is 1. The highest BCUT2D eigenvalue weighted by atomic mass is 32.2. The van der Waals surface area contributed by atoms with Crippen LogP contribution in [0.1, 0.15) is 48.6 Å². The molecule has 4 rings (SSSR count). The Morgan fingerprint density at radius 1 is 1.33 bits per heavy atom. The van der Waals surface area contributed by atoms with Crippen LogP contribution in [0.25, 0.3) is 11.1 Å². The van der Waals surface area contributed by atoms with Gasteiger partial charge in [-0.3, -0.25) is 4.79 Å². The third-order valence-electron chi connectivity index (χ3n) is 5.92. The van der Waals surface area contributed by atoms with Crippen LogP contribution in [0, 0.1) is 12.8 Å². The van der Waals surface area contributed by atoms with Crippen molar-refractivity contribution in [2.45, 2.75) is 44.7 Å². The van der Waals surface area contributed by atoms with E-state index in [-0.39, 0.29) is 64.7 Å². The third-order valence-corrected chi connectivity index (χ3v) is 7.76. The summed E-state index contributed by atoms with van der Waals surface area (Å²) in [6.07, 6.45) is -2.72. The quantitative estimate of drug-likeness (QED) is 0.721. The Morgan fingerprint density at radius 3 is 2.77 bits per heavy atom. The number of hydrogen-bond acceptors (Lipinski definition) is 6. The van der Waals surface area contributed by atoms with Gasteiger partial charge in [0.1, 0.15) is 0 Å². The van der Waals surface area contributed by atoms with Crippen LogP contribution < -0.4 is 0 Å². The molecule has 11 heteroatoms. The van der Waals surface area contributed by atoms with E-state index in [1.165, 1.54) is 6.92 Å². The number of hydrogen-bond donors (Lipinski definition) is 0. The molecule has 2 aromatic heterocycles. The van der Waals surface area contributed by atoms with Gasteiger partial charge in [0.25, 0.3) is 5.71 Å². The second-order valence-corrected chi connectivity index (χ2v) is 10.4. The molecule has 0 bridgehead atoms. The molecule has 0 radical (unpaired) electrons. The zero-order valence-corrected chi connectivity index (χ0v) is 17.2. The molecule has 0 aromatic carbocycles. The summed E-state index contributed by atoms with van der Waals surface area (Å²) in [5.41, 5.74) is -0.631. The summed E-state index contributed by atoms with van der Waals surface area (Å²) >= 11 is 0. The summed E-state index contributed by atoms with van der Waals surface area (Å²) in [4.78, 5) is 18.6. The molecule has 4 heterocycles. The van der Waals surface area contributed by atoms with E-state index in [2.05, 4.69) is 10.1 Å². The van der Waals surface area contributed by atoms with Crippen molar-refractivity contribution in [3.05, 3.63) is 23.0 Å². The lowest BCUT2D eigenvalue weighted by molar-refractivity contribution is -0.136. The van der Waals surface area contributed by atoms with Crippen LogP contribution in [0.3, 0.4) is 0 Å². The smallest absolute Gasteiger partial charge is 0.342 e. The van der Waals surface area contributed by atoms with Crippen LogP contribution >= 0.6 is 0 Å². The van der Waals surface area contributed by atoms with Gasteiger partial charge in [0.05, 0.1) is 33.8 Å². The predicted molar refractivity (Wildman–Crippen MR) is 101 cm³/mol. The maximum atomic E-state index is 13.6. The van der Waals surface area contributed by atoms with E-state index in [0.29, 0.717) is 25.8 Å². The number of pyridine rings is 1. The molecule has 0 aliphatic carbocycles. The first-order valence-electron chi connectivity index (χ1n) is 9.86. The van der Waals surface area contributed by atoms with Crippen LogP contribution in [0.4, 0.5) is 13.2 Å². The first-order chi connectivity index (χ1) is 14.0. The summed E-state index contributed by atoms with van der Waals surface area (Å²) in [6.45, 7) is 2.19. The van der Waals surface area contributed by atoms with E-state index < -0.39 is 21.6 Å². The standard InChI is InChI=1S/C19H22F3N3O4S/c1-11-17-14(19(20,21)22)8-15(23-18(17)29-24-11)13-3-2-5-25(9-13)16(26)7-12-4-6-30(27,28)10-12/h8,12-13H,2-7,9-10H2,1H3. The van der Waals surface area contributed by atoms with Gasteiger partial charge in [-0.05, 0) is 38.2 Å². The van der Waals surface area contributed by atoms with E-state index >= 15 is 0 Å². The predicted octanol–water partition coefficient (Wildman–Crippen LogP) is 3.08. The number of piperidine rings is 1. The Bertz CT molecular complexity index is 1080. The molecule has 2 aromatic rings. The normalized spacial score (nSPS) is 24.5. The van der Waals surface area contributed by atoms with Crippen LogP contribution in [0.5, 0.6) is 0 Å². The van der Waals surface area contributed by atoms with Gasteiger partial charge in [-0.2, -0.15) is 13.2 Å². The number of likely N-dealkylation sites (tertiary alicyclic amines) is 1. The van der Waals surface area contributed by atoms with E-state index in [4.69, 9.17) is 4.52 Å². The second kappa shape index (κ2) is 7.51. The molecule has 2 unspecified atom stereocenters. The van der Waals surface area contributed by atoms with Crippen molar-refractivity contribution in [1.82, 2.24) is 15.0 Å². The fourth-order valence-electron chi connectivity index (χ4n) is 4.40. The molecule has 2 fully saturated rings. The molecule has 1 amide bonds. The fourth-order valence-corrected chi connectivity index (χ4v) is 6.26. The van der Waals surface area contributed by atoms with Gasteiger partial charge in [0.2, 0.25) is 5.91 Å². The van der Waals surface area contributed by atoms with E-state index in [9.17, 15) is 26.4 Å². The number of carbonyl (C=O) groups excluding carboxylic acids is 1. The lowest BCUT2D eigenvalue weighted by Gasteiger charge is -2.33. The summed E-state index contributed by atoms with van der Waals surface area (Å²) in [6, 6.07) is 1.04. The summed E-state index contributed by atoms with van der Waals surface area (Å²) in [7, 11) is -3.07. The minimum atomic E-state index is -4.58. The Balaban J connectivity index is 1.55. The van der Waals surface area contributed by atoms with E-state index in [1.54, 1.807) is 4.90 Å². The summed E-state index contributed by atoms with van der Waals surface area (Å²) in [5.74, 6) is -0.575. The second-order valence-electron chi connectivity index (χ2n) is 8.19. The highest BCUT2D eigenvalue weighted by molar-refractivity contribution is 7.91. The number of aromatic nitrogens is 2. The highest BCUT2D eigenvalue weighted by Crippen LogP contribution is 2.38. The van der Waals surface area contributed by atoms with Gasteiger partial charge >= 0.3 is 6.18 Å². The van der Waals surface area contributed by atoms with Crippen molar-refractivity contribution in [3.8, 4) is 0 Å². The monoisotopic (exact) mass is 445 g/mol. The SMILES string of the molecule is Cc1noc2nc(C3CCCN(C(=O)CC4CCS(=O)(=O)C4)C3)cc(C(F)(F)F)c12. The molecule has 2 saturated heterocycles. The van der Waals surface area contributed by atoms with Crippen LogP contribution in [-0.4, -0.2) is 54.0 Å². The molecule has 2 atom stereocenters. The molecule has 0 saturated carbocycles. The van der Waals surface area contributed by atoms with E-state index in [1.807, 2.05) is 0 Å². The molecule has 2 aliphatic heterocycles. The van der Waals surface area contributed by atoms with Gasteiger partial charge in [-0.1, -0.05) is 5.16 Å². The Hall–Kier alpha value is -2.17. The molecular weight excluding hydrogens is 423 g/mol. The number of aryl methyl sites for hydroxylation is 1. The van der Waals surface area contributed by atoms with Gasteiger partial charge in [-0.25, -0.2) is 13.4 Å². The third kappa shape index (κ3) is 4.17. The zero-order valence-electron chi connectivity index (χ0n) is 16.4. The summed E-state index contributed by atoms with van der Waals surface area (Å²) < 4.78 is 69.1. The molecular formula is C19H22F3N3O4S. The number of alkyl halides is 3. The van der Waals surface area contributed by atoms with Crippen LogP contribution in [0.2, 0.25) is 0 Å². The van der Waals surface area contributed by atoms with Gasteiger partial charge in [0.15, 0.2) is 9.84 Å². The van der Waals surface area contributed by atoms with Gasteiger partial charge < -0.3 is 9.42 Å². The van der Waals surface area contributed by atoms with Crippen molar-refractivity contribution in [2.75, 3.05) is 24.6 Å². The highest BCUT2D eigenvalue weighted by Gasteiger charge is 2.37. The minimum Gasteiger partial charge on any atom is -0.342 e. The number of rotatable bonds is 3. The number of sulfone groups is 1. The van der Waals surface area contributed by atoms with Crippen LogP contribution in [0.15, 0.2) is 10.6 Å². The minimum absolute atomic E-state index is 0.0218. The maximum absolute atomic E-state index is 13.6.